The maximum Gasteiger partial charge on any atom is 0.417 e. The summed E-state index contributed by atoms with van der Waals surface area (Å²) in [5, 5.41) is 0. The number of carbonyl (C=O) groups is 1. The molecule has 0 aliphatic rings. The van der Waals surface area contributed by atoms with E-state index in [1.165, 1.54) is 19.2 Å². The summed E-state index contributed by atoms with van der Waals surface area (Å²) in [5.74, 6) is -0.458. The lowest BCUT2D eigenvalue weighted by Gasteiger charge is -2.15. The predicted octanol–water partition coefficient (Wildman–Crippen LogP) is 2.07. The molecule has 0 bridgehead atoms. The molecule has 4 nitrogen and oxygen atoms in total. The highest BCUT2D eigenvalue weighted by molar-refractivity contribution is 5.92. The summed E-state index contributed by atoms with van der Waals surface area (Å²) in [5.41, 5.74) is -1.62. The molecule has 0 aromatic carbocycles. The second kappa shape index (κ2) is 5.94. The zero-order valence-corrected chi connectivity index (χ0v) is 11.3. The molecule has 0 aliphatic carbocycles. The van der Waals surface area contributed by atoms with Crippen molar-refractivity contribution in [3.63, 3.8) is 0 Å². The van der Waals surface area contributed by atoms with Gasteiger partial charge < -0.3 is 9.47 Å². The molecule has 0 aliphatic heterocycles. The van der Waals surface area contributed by atoms with E-state index < -0.39 is 29.1 Å². The summed E-state index contributed by atoms with van der Waals surface area (Å²) in [6, 6.07) is 0.509. The molecule has 0 saturated carbocycles. The van der Waals surface area contributed by atoms with Crippen molar-refractivity contribution in [1.82, 2.24) is 9.47 Å². The quantitative estimate of drug-likeness (QED) is 0.797. The number of carbonyl (C=O) groups excluding carboxylic acids is 1. The second-order valence-electron chi connectivity index (χ2n) is 4.52. The standard InChI is InChI=1S/C13H15F3N2O2/c1-9(11(19)6-7-17(2)3)18-8-10(13(14,15)16)4-5-12(18)20/h4-9H,1-3H3. The Bertz CT molecular complexity index is 574. The number of halogens is 3. The molecule has 0 N–H and O–H groups in total. The van der Waals surface area contributed by atoms with Crippen LogP contribution in [0.2, 0.25) is 0 Å². The Morgan fingerprint density at radius 2 is 1.95 bits per heavy atom. The van der Waals surface area contributed by atoms with Gasteiger partial charge >= 0.3 is 6.18 Å². The summed E-state index contributed by atoms with van der Waals surface area (Å²) < 4.78 is 38.6. The van der Waals surface area contributed by atoms with E-state index in [-0.39, 0.29) is 0 Å². The molecule has 0 fully saturated rings. The largest absolute Gasteiger partial charge is 0.417 e. The van der Waals surface area contributed by atoms with Crippen molar-refractivity contribution in [3.8, 4) is 0 Å². The van der Waals surface area contributed by atoms with E-state index in [1.54, 1.807) is 19.0 Å². The number of hydrogen-bond acceptors (Lipinski definition) is 3. The molecule has 7 heteroatoms. The maximum atomic E-state index is 12.6. The Morgan fingerprint density at radius 3 is 2.45 bits per heavy atom. The SMILES string of the molecule is CC(C(=O)C=CN(C)C)n1cc(C(F)(F)F)ccc1=O. The van der Waals surface area contributed by atoms with Crippen molar-refractivity contribution in [3.05, 3.63) is 46.5 Å². The maximum absolute atomic E-state index is 12.6. The first kappa shape index (κ1) is 16.0. The average Bonchev–Trinajstić information content (AvgIpc) is 2.34. The molecule has 0 spiro atoms. The van der Waals surface area contributed by atoms with E-state index in [9.17, 15) is 22.8 Å². The molecule has 0 radical (unpaired) electrons. The van der Waals surface area contributed by atoms with Crippen LogP contribution in [0.3, 0.4) is 0 Å². The molecule has 1 atom stereocenters. The van der Waals surface area contributed by atoms with Crippen molar-refractivity contribution in [2.45, 2.75) is 19.1 Å². The first-order chi connectivity index (χ1) is 9.12. The van der Waals surface area contributed by atoms with Crippen LogP contribution in [0.4, 0.5) is 13.2 Å². The summed E-state index contributed by atoms with van der Waals surface area (Å²) in [4.78, 5) is 25.0. The van der Waals surface area contributed by atoms with Gasteiger partial charge in [-0.25, -0.2) is 0 Å². The van der Waals surface area contributed by atoms with Gasteiger partial charge in [0.05, 0.1) is 11.6 Å². The number of pyridine rings is 1. The first-order valence-corrected chi connectivity index (χ1v) is 5.81. The monoisotopic (exact) mass is 288 g/mol. The fourth-order valence-corrected chi connectivity index (χ4v) is 1.47. The minimum atomic E-state index is -4.56. The molecular weight excluding hydrogens is 273 g/mol. The van der Waals surface area contributed by atoms with E-state index in [0.29, 0.717) is 12.3 Å². The Kier molecular flexibility index (Phi) is 4.75. The van der Waals surface area contributed by atoms with Crippen molar-refractivity contribution >= 4 is 5.78 Å². The third-order valence-corrected chi connectivity index (χ3v) is 2.63. The minimum Gasteiger partial charge on any atom is -0.383 e. The predicted molar refractivity (Wildman–Crippen MR) is 68.2 cm³/mol. The highest BCUT2D eigenvalue weighted by Crippen LogP contribution is 2.28. The van der Waals surface area contributed by atoms with Crippen molar-refractivity contribution < 1.29 is 18.0 Å². The molecule has 0 amide bonds. The number of aromatic nitrogens is 1. The molecular formula is C13H15F3N2O2. The Morgan fingerprint density at radius 1 is 1.35 bits per heavy atom. The van der Waals surface area contributed by atoms with E-state index in [0.717, 1.165) is 10.6 Å². The van der Waals surface area contributed by atoms with Crippen LogP contribution in [0.1, 0.15) is 18.5 Å². The lowest BCUT2D eigenvalue weighted by Crippen LogP contribution is -2.28. The number of rotatable bonds is 4. The van der Waals surface area contributed by atoms with E-state index in [4.69, 9.17) is 0 Å². The van der Waals surface area contributed by atoms with Gasteiger partial charge in [0.25, 0.3) is 5.56 Å². The van der Waals surface area contributed by atoms with E-state index >= 15 is 0 Å². The Balaban J connectivity index is 3.13. The summed E-state index contributed by atoms with van der Waals surface area (Å²) in [6.45, 7) is 1.38. The molecule has 0 saturated heterocycles. The van der Waals surface area contributed by atoms with Gasteiger partial charge in [-0.05, 0) is 19.1 Å². The van der Waals surface area contributed by atoms with Crippen LogP contribution in [0.25, 0.3) is 0 Å². The van der Waals surface area contributed by atoms with Gasteiger partial charge in [-0.2, -0.15) is 13.2 Å². The Hall–Kier alpha value is -2.05. The molecule has 1 heterocycles. The normalized spacial score (nSPS) is 13.5. The zero-order chi connectivity index (χ0) is 15.5. The van der Waals surface area contributed by atoms with Crippen molar-refractivity contribution in [2.75, 3.05) is 14.1 Å². The van der Waals surface area contributed by atoms with Crippen LogP contribution in [0.15, 0.2) is 35.4 Å². The number of ketones is 1. The number of allylic oxidation sites excluding steroid dienone is 1. The van der Waals surface area contributed by atoms with Crippen LogP contribution < -0.4 is 5.56 Å². The summed E-state index contributed by atoms with van der Waals surface area (Å²) in [6.07, 6.45) is -1.21. The van der Waals surface area contributed by atoms with Gasteiger partial charge in [-0.15, -0.1) is 0 Å². The van der Waals surface area contributed by atoms with Gasteiger partial charge in [0.15, 0.2) is 5.78 Å². The zero-order valence-electron chi connectivity index (χ0n) is 11.3. The number of alkyl halides is 3. The van der Waals surface area contributed by atoms with Gasteiger partial charge in [0, 0.05) is 32.6 Å². The average molecular weight is 288 g/mol. The van der Waals surface area contributed by atoms with Gasteiger partial charge in [0.1, 0.15) is 0 Å². The molecule has 1 aromatic rings. The fourth-order valence-electron chi connectivity index (χ4n) is 1.47. The number of nitrogens with zero attached hydrogens (tertiary/aromatic N) is 2. The highest BCUT2D eigenvalue weighted by Gasteiger charge is 2.31. The lowest BCUT2D eigenvalue weighted by molar-refractivity contribution is -0.138. The second-order valence-corrected chi connectivity index (χ2v) is 4.52. The van der Waals surface area contributed by atoms with Crippen LogP contribution in [0.5, 0.6) is 0 Å². The lowest BCUT2D eigenvalue weighted by atomic mass is 10.2. The van der Waals surface area contributed by atoms with Gasteiger partial charge in [-0.3, -0.25) is 9.59 Å². The smallest absolute Gasteiger partial charge is 0.383 e. The first-order valence-electron chi connectivity index (χ1n) is 5.81. The summed E-state index contributed by atoms with van der Waals surface area (Å²) >= 11 is 0. The van der Waals surface area contributed by atoms with Crippen molar-refractivity contribution in [2.24, 2.45) is 0 Å². The minimum absolute atomic E-state index is 0.458. The van der Waals surface area contributed by atoms with Crippen LogP contribution in [-0.4, -0.2) is 29.3 Å². The fraction of sp³-hybridized carbons (Fsp3) is 0.385. The molecule has 110 valence electrons. The van der Waals surface area contributed by atoms with Crippen molar-refractivity contribution in [1.29, 1.82) is 0 Å². The molecule has 1 rings (SSSR count). The third-order valence-electron chi connectivity index (χ3n) is 2.63. The molecule has 1 unspecified atom stereocenters. The topological polar surface area (TPSA) is 42.3 Å². The van der Waals surface area contributed by atoms with Gasteiger partial charge in [0.2, 0.25) is 0 Å². The van der Waals surface area contributed by atoms with Gasteiger partial charge in [-0.1, -0.05) is 0 Å². The molecule has 20 heavy (non-hydrogen) atoms. The third kappa shape index (κ3) is 3.97. The number of hydrogen-bond donors (Lipinski definition) is 0. The van der Waals surface area contributed by atoms with E-state index in [2.05, 4.69) is 0 Å². The van der Waals surface area contributed by atoms with Crippen LogP contribution in [-0.2, 0) is 11.0 Å². The van der Waals surface area contributed by atoms with Crippen LogP contribution in [0, 0.1) is 0 Å². The van der Waals surface area contributed by atoms with Crippen LogP contribution >= 0.6 is 0 Å². The van der Waals surface area contributed by atoms with E-state index in [1.807, 2.05) is 0 Å². The molecule has 1 aromatic heterocycles. The summed E-state index contributed by atoms with van der Waals surface area (Å²) in [7, 11) is 3.40. The Labute approximate surface area is 114 Å². The highest BCUT2D eigenvalue weighted by atomic mass is 19.4.